The molecule has 2 N–H and O–H groups in total. The molecule has 1 heterocycles. The van der Waals surface area contributed by atoms with E-state index < -0.39 is 4.92 Å². The zero-order chi connectivity index (χ0) is 16.9. The van der Waals surface area contributed by atoms with Gasteiger partial charge in [0.2, 0.25) is 0 Å². The first-order valence-electron chi connectivity index (χ1n) is 7.22. The van der Waals surface area contributed by atoms with Crippen molar-refractivity contribution in [3.63, 3.8) is 0 Å². The highest BCUT2D eigenvalue weighted by molar-refractivity contribution is 6.00. The maximum absolute atomic E-state index is 11.2. The number of rotatable bonds is 5. The van der Waals surface area contributed by atoms with E-state index in [2.05, 4.69) is 15.5 Å². The van der Waals surface area contributed by atoms with Crippen molar-refractivity contribution < 1.29 is 10.0 Å². The molecule has 1 aromatic heterocycles. The molecule has 24 heavy (non-hydrogen) atoms. The molecule has 120 valence electrons. The summed E-state index contributed by atoms with van der Waals surface area (Å²) in [6.07, 6.45) is 2.82. The van der Waals surface area contributed by atoms with Gasteiger partial charge in [-0.3, -0.25) is 15.1 Å². The van der Waals surface area contributed by atoms with Crippen molar-refractivity contribution in [2.75, 3.05) is 0 Å². The van der Waals surface area contributed by atoms with E-state index in [1.54, 1.807) is 12.1 Å². The molecule has 3 rings (SSSR count). The van der Waals surface area contributed by atoms with E-state index in [9.17, 15) is 15.2 Å². The minimum atomic E-state index is -0.502. The minimum absolute atomic E-state index is 0.125. The molecule has 7 nitrogen and oxygen atoms in total. The summed E-state index contributed by atoms with van der Waals surface area (Å²) in [4.78, 5) is 14.8. The van der Waals surface area contributed by atoms with Crippen molar-refractivity contribution in [2.45, 2.75) is 6.54 Å². The number of nitro benzene ring substituents is 1. The first-order valence-corrected chi connectivity index (χ1v) is 7.22. The number of aromatic nitrogens is 1. The second-order valence-electron chi connectivity index (χ2n) is 5.07. The molecule has 0 aliphatic rings. The number of nitrogens with zero attached hydrogens (tertiary/aromatic N) is 3. The summed E-state index contributed by atoms with van der Waals surface area (Å²) in [5, 5.41) is 25.8. The van der Waals surface area contributed by atoms with E-state index >= 15 is 0 Å². The lowest BCUT2D eigenvalue weighted by atomic mass is 10.1. The molecule has 7 heteroatoms. The van der Waals surface area contributed by atoms with Crippen LogP contribution in [0.15, 0.2) is 59.8 Å². The van der Waals surface area contributed by atoms with Crippen molar-refractivity contribution in [1.82, 2.24) is 10.4 Å². The van der Waals surface area contributed by atoms with Crippen LogP contribution in [0.4, 0.5) is 5.69 Å². The van der Waals surface area contributed by atoms with Crippen LogP contribution in [-0.2, 0) is 6.54 Å². The molecule has 2 aromatic carbocycles. The summed E-state index contributed by atoms with van der Waals surface area (Å²) in [6, 6.07) is 14.1. The van der Waals surface area contributed by atoms with E-state index in [-0.39, 0.29) is 27.9 Å². The molecule has 0 atom stereocenters. The Labute approximate surface area is 137 Å². The third-order valence-electron chi connectivity index (χ3n) is 3.49. The standard InChI is InChI=1S/C17H14N4O3/c22-17-13(11-20-19-10-12-5-2-1-3-6-12)9-15(21(23)24)14-7-4-8-18-16(14)17/h1-9,11,19,22H,10H2/b20-11+. The monoisotopic (exact) mass is 322 g/mol. The van der Waals surface area contributed by atoms with Gasteiger partial charge in [0.05, 0.1) is 23.1 Å². The van der Waals surface area contributed by atoms with E-state index in [1.165, 1.54) is 18.5 Å². The quantitative estimate of drug-likeness (QED) is 0.427. The number of hydrogen-bond donors (Lipinski definition) is 2. The predicted octanol–water partition coefficient (Wildman–Crippen LogP) is 2.97. The second-order valence-corrected chi connectivity index (χ2v) is 5.07. The lowest BCUT2D eigenvalue weighted by molar-refractivity contribution is -0.383. The molecule has 0 saturated heterocycles. The Morgan fingerprint density at radius 2 is 2.04 bits per heavy atom. The third kappa shape index (κ3) is 3.14. The Morgan fingerprint density at radius 1 is 1.25 bits per heavy atom. The van der Waals surface area contributed by atoms with Gasteiger partial charge in [-0.15, -0.1) is 0 Å². The van der Waals surface area contributed by atoms with Crippen LogP contribution in [0.25, 0.3) is 10.9 Å². The molecule has 3 aromatic rings. The van der Waals surface area contributed by atoms with Crippen LogP contribution in [0.3, 0.4) is 0 Å². The highest BCUT2D eigenvalue weighted by Crippen LogP contribution is 2.33. The number of hydrazone groups is 1. The van der Waals surface area contributed by atoms with E-state index in [4.69, 9.17) is 0 Å². The first-order chi connectivity index (χ1) is 11.7. The molecule has 0 bridgehead atoms. The van der Waals surface area contributed by atoms with Crippen LogP contribution in [-0.4, -0.2) is 21.2 Å². The van der Waals surface area contributed by atoms with Gasteiger partial charge in [0, 0.05) is 17.8 Å². The molecule has 0 unspecified atom stereocenters. The normalized spacial score (nSPS) is 11.0. The minimum Gasteiger partial charge on any atom is -0.505 e. The highest BCUT2D eigenvalue weighted by atomic mass is 16.6. The van der Waals surface area contributed by atoms with Gasteiger partial charge in [-0.05, 0) is 17.7 Å². The summed E-state index contributed by atoms with van der Waals surface area (Å²) >= 11 is 0. The van der Waals surface area contributed by atoms with Gasteiger partial charge < -0.3 is 10.5 Å². The maximum Gasteiger partial charge on any atom is 0.279 e. The number of hydrogen-bond acceptors (Lipinski definition) is 6. The second kappa shape index (κ2) is 6.74. The van der Waals surface area contributed by atoms with Crippen LogP contribution >= 0.6 is 0 Å². The highest BCUT2D eigenvalue weighted by Gasteiger charge is 2.18. The summed E-state index contributed by atoms with van der Waals surface area (Å²) in [5.74, 6) is -0.138. The summed E-state index contributed by atoms with van der Waals surface area (Å²) in [7, 11) is 0. The predicted molar refractivity (Wildman–Crippen MR) is 90.9 cm³/mol. The van der Waals surface area contributed by atoms with Crippen LogP contribution in [0, 0.1) is 10.1 Å². The molecule has 0 aliphatic heterocycles. The average molecular weight is 322 g/mol. The number of phenols is 1. The molecule has 0 aliphatic carbocycles. The summed E-state index contributed by atoms with van der Waals surface area (Å²) in [5.41, 5.74) is 4.17. The number of non-ortho nitro benzene ring substituents is 1. The van der Waals surface area contributed by atoms with Gasteiger partial charge in [-0.25, -0.2) is 0 Å². The lowest BCUT2D eigenvalue weighted by Gasteiger charge is -2.05. The van der Waals surface area contributed by atoms with Crippen LogP contribution < -0.4 is 5.43 Å². The SMILES string of the molecule is O=[N+]([O-])c1cc(/C=N/NCc2ccccc2)c(O)c2ncccc12. The molecule has 0 spiro atoms. The zero-order valence-corrected chi connectivity index (χ0v) is 12.6. The summed E-state index contributed by atoms with van der Waals surface area (Å²) < 4.78 is 0. The molecule has 0 fully saturated rings. The fourth-order valence-electron chi connectivity index (χ4n) is 2.33. The number of nitro groups is 1. The van der Waals surface area contributed by atoms with Gasteiger partial charge in [-0.2, -0.15) is 5.10 Å². The average Bonchev–Trinajstić information content (AvgIpc) is 2.61. The van der Waals surface area contributed by atoms with Crippen molar-refractivity contribution >= 4 is 22.8 Å². The Morgan fingerprint density at radius 3 is 2.79 bits per heavy atom. The Kier molecular flexibility index (Phi) is 4.33. The molecular formula is C17H14N4O3. The number of fused-ring (bicyclic) bond motifs is 1. The molecule has 0 amide bonds. The number of benzene rings is 2. The fraction of sp³-hybridized carbons (Fsp3) is 0.0588. The molecule has 0 saturated carbocycles. The Balaban J connectivity index is 1.87. The zero-order valence-electron chi connectivity index (χ0n) is 12.6. The van der Waals surface area contributed by atoms with Gasteiger partial charge in [0.1, 0.15) is 5.52 Å². The molecular weight excluding hydrogens is 308 g/mol. The largest absolute Gasteiger partial charge is 0.505 e. The van der Waals surface area contributed by atoms with Gasteiger partial charge in [0.15, 0.2) is 5.75 Å². The van der Waals surface area contributed by atoms with Gasteiger partial charge in [0.25, 0.3) is 5.69 Å². The third-order valence-corrected chi connectivity index (χ3v) is 3.49. The number of phenolic OH excluding ortho intramolecular Hbond substituents is 1. The fourth-order valence-corrected chi connectivity index (χ4v) is 2.33. The number of pyridine rings is 1. The van der Waals surface area contributed by atoms with Crippen molar-refractivity contribution in [3.8, 4) is 5.75 Å². The number of aromatic hydroxyl groups is 1. The number of nitrogens with one attached hydrogen (secondary N) is 1. The van der Waals surface area contributed by atoms with Crippen molar-refractivity contribution in [3.05, 3.63) is 76.0 Å². The summed E-state index contributed by atoms with van der Waals surface area (Å²) in [6.45, 7) is 0.506. The molecule has 0 radical (unpaired) electrons. The Hall–Kier alpha value is -3.48. The van der Waals surface area contributed by atoms with E-state index in [1.807, 2.05) is 30.3 Å². The van der Waals surface area contributed by atoms with E-state index in [0.717, 1.165) is 5.56 Å². The van der Waals surface area contributed by atoms with Crippen LogP contribution in [0.5, 0.6) is 5.75 Å². The first kappa shape index (κ1) is 15.4. The maximum atomic E-state index is 11.2. The van der Waals surface area contributed by atoms with Crippen molar-refractivity contribution in [1.29, 1.82) is 0 Å². The van der Waals surface area contributed by atoms with Crippen LogP contribution in [0.2, 0.25) is 0 Å². The van der Waals surface area contributed by atoms with Crippen LogP contribution in [0.1, 0.15) is 11.1 Å². The van der Waals surface area contributed by atoms with Crippen molar-refractivity contribution in [2.24, 2.45) is 5.10 Å². The lowest BCUT2D eigenvalue weighted by Crippen LogP contribution is -2.05. The van der Waals surface area contributed by atoms with Gasteiger partial charge >= 0.3 is 0 Å². The Bertz CT molecular complexity index is 910. The topological polar surface area (TPSA) is 101 Å². The van der Waals surface area contributed by atoms with Gasteiger partial charge in [-0.1, -0.05) is 30.3 Å². The van der Waals surface area contributed by atoms with E-state index in [0.29, 0.717) is 6.54 Å². The smallest absolute Gasteiger partial charge is 0.279 e.